The highest BCUT2D eigenvalue weighted by Gasteiger charge is 2.31. The molecule has 0 aromatic carbocycles. The van der Waals surface area contributed by atoms with Gasteiger partial charge in [-0.25, -0.2) is 9.97 Å². The molecule has 4 aromatic heterocycles. The molecule has 0 aliphatic carbocycles. The predicted molar refractivity (Wildman–Crippen MR) is 114 cm³/mol. The minimum Gasteiger partial charge on any atom is -0.492 e. The van der Waals surface area contributed by atoms with Crippen LogP contribution in [0.4, 0.5) is 13.2 Å². The fourth-order valence-corrected chi connectivity index (χ4v) is 2.96. The van der Waals surface area contributed by atoms with Crippen molar-refractivity contribution in [1.29, 1.82) is 0 Å². The topological polar surface area (TPSA) is 93.7 Å². The molecule has 1 N–H and O–H groups in total. The third kappa shape index (κ3) is 5.38. The summed E-state index contributed by atoms with van der Waals surface area (Å²) >= 11 is 0. The summed E-state index contributed by atoms with van der Waals surface area (Å²) in [5, 5.41) is 0.169. The molecule has 0 bridgehead atoms. The summed E-state index contributed by atoms with van der Waals surface area (Å²) < 4.78 is 44.5. The molecular formula is C21H17ClF3N5O2. The standard InChI is InChI=1S/C21H16F3N5O2.ClH/c22-21(23,24)14-5-8-26-17(10-14)19-28-18-16(20(30)29-19)11-15(12-27-18)31-9-1-2-13-3-6-25-7-4-13;/h3-8,10-12H,1-2,9H2,(H,27,28,29,30);1H. The van der Waals surface area contributed by atoms with Crippen molar-refractivity contribution < 1.29 is 17.9 Å². The molecule has 11 heteroatoms. The second-order valence-electron chi connectivity index (χ2n) is 6.69. The van der Waals surface area contributed by atoms with Gasteiger partial charge in [-0.05, 0) is 48.7 Å². The van der Waals surface area contributed by atoms with Crippen molar-refractivity contribution in [2.24, 2.45) is 0 Å². The van der Waals surface area contributed by atoms with Gasteiger partial charge in [-0.2, -0.15) is 13.2 Å². The Hall–Kier alpha value is -3.53. The average molecular weight is 464 g/mol. The summed E-state index contributed by atoms with van der Waals surface area (Å²) in [5.74, 6) is 0.307. The number of ether oxygens (including phenoxy) is 1. The lowest BCUT2D eigenvalue weighted by Gasteiger charge is -2.09. The molecule has 166 valence electrons. The van der Waals surface area contributed by atoms with Gasteiger partial charge in [-0.1, -0.05) is 0 Å². The third-order valence-electron chi connectivity index (χ3n) is 4.49. The van der Waals surface area contributed by atoms with E-state index in [0.717, 1.165) is 36.7 Å². The Labute approximate surface area is 186 Å². The van der Waals surface area contributed by atoms with Crippen molar-refractivity contribution in [2.45, 2.75) is 19.0 Å². The smallest absolute Gasteiger partial charge is 0.416 e. The number of nitrogens with zero attached hydrogens (tertiary/aromatic N) is 4. The molecule has 4 aromatic rings. The molecule has 0 fully saturated rings. The fourth-order valence-electron chi connectivity index (χ4n) is 2.96. The largest absolute Gasteiger partial charge is 0.492 e. The highest BCUT2D eigenvalue weighted by molar-refractivity contribution is 5.85. The number of rotatable bonds is 6. The number of aromatic nitrogens is 5. The minimum atomic E-state index is -4.53. The van der Waals surface area contributed by atoms with E-state index >= 15 is 0 Å². The van der Waals surface area contributed by atoms with Gasteiger partial charge in [0, 0.05) is 18.6 Å². The Bertz CT molecular complexity index is 1270. The second kappa shape index (κ2) is 9.73. The number of alkyl halides is 3. The van der Waals surface area contributed by atoms with Gasteiger partial charge in [0.15, 0.2) is 11.5 Å². The van der Waals surface area contributed by atoms with Crippen LogP contribution in [0.5, 0.6) is 5.75 Å². The fraction of sp³-hybridized carbons (Fsp3) is 0.190. The number of pyridine rings is 3. The number of fused-ring (bicyclic) bond motifs is 1. The zero-order valence-corrected chi connectivity index (χ0v) is 17.3. The first kappa shape index (κ1) is 23.1. The summed E-state index contributed by atoms with van der Waals surface area (Å²) in [7, 11) is 0. The molecule has 4 rings (SSSR count). The van der Waals surface area contributed by atoms with Crippen molar-refractivity contribution >= 4 is 23.4 Å². The van der Waals surface area contributed by atoms with E-state index in [1.807, 2.05) is 12.1 Å². The maximum atomic E-state index is 12.9. The molecule has 0 unspecified atom stereocenters. The van der Waals surface area contributed by atoms with Crippen molar-refractivity contribution in [1.82, 2.24) is 24.9 Å². The van der Waals surface area contributed by atoms with E-state index in [9.17, 15) is 18.0 Å². The van der Waals surface area contributed by atoms with Crippen molar-refractivity contribution in [3.05, 3.63) is 76.6 Å². The van der Waals surface area contributed by atoms with Crippen LogP contribution in [0.1, 0.15) is 17.5 Å². The maximum absolute atomic E-state index is 12.9. The van der Waals surface area contributed by atoms with E-state index in [-0.39, 0.29) is 35.0 Å². The Morgan fingerprint density at radius 2 is 1.81 bits per heavy atom. The number of aryl methyl sites for hydroxylation is 1. The monoisotopic (exact) mass is 463 g/mol. The van der Waals surface area contributed by atoms with Gasteiger partial charge in [-0.3, -0.25) is 14.8 Å². The molecule has 7 nitrogen and oxygen atoms in total. The van der Waals surface area contributed by atoms with Gasteiger partial charge in [-0.15, -0.1) is 12.4 Å². The molecular weight excluding hydrogens is 447 g/mol. The Morgan fingerprint density at radius 3 is 2.56 bits per heavy atom. The normalized spacial score (nSPS) is 11.2. The zero-order chi connectivity index (χ0) is 21.8. The molecule has 4 heterocycles. The lowest BCUT2D eigenvalue weighted by molar-refractivity contribution is -0.137. The number of nitrogens with one attached hydrogen (secondary N) is 1. The first-order chi connectivity index (χ1) is 14.9. The molecule has 0 amide bonds. The number of H-pyrrole nitrogens is 1. The number of aromatic amines is 1. The van der Waals surface area contributed by atoms with Crippen LogP contribution in [0.25, 0.3) is 22.6 Å². The van der Waals surface area contributed by atoms with Crippen LogP contribution in [0, 0.1) is 0 Å². The van der Waals surface area contributed by atoms with Gasteiger partial charge in [0.05, 0.1) is 23.8 Å². The Kier molecular flexibility index (Phi) is 7.04. The molecule has 32 heavy (non-hydrogen) atoms. The van der Waals surface area contributed by atoms with E-state index in [2.05, 4.69) is 24.9 Å². The van der Waals surface area contributed by atoms with E-state index in [0.29, 0.717) is 12.4 Å². The zero-order valence-electron chi connectivity index (χ0n) is 16.5. The Morgan fingerprint density at radius 1 is 1.03 bits per heavy atom. The van der Waals surface area contributed by atoms with Crippen molar-refractivity contribution in [2.75, 3.05) is 6.61 Å². The van der Waals surface area contributed by atoms with Crippen LogP contribution in [0.2, 0.25) is 0 Å². The van der Waals surface area contributed by atoms with Crippen LogP contribution in [0.3, 0.4) is 0 Å². The van der Waals surface area contributed by atoms with Gasteiger partial charge >= 0.3 is 6.18 Å². The summed E-state index contributed by atoms with van der Waals surface area (Å²) in [6.07, 6.45) is 2.94. The van der Waals surface area contributed by atoms with Crippen molar-refractivity contribution in [3.8, 4) is 17.3 Å². The number of hydrogen-bond acceptors (Lipinski definition) is 6. The predicted octanol–water partition coefficient (Wildman–Crippen LogP) is 4.23. The molecule has 0 aliphatic heterocycles. The highest BCUT2D eigenvalue weighted by Crippen LogP contribution is 2.30. The van der Waals surface area contributed by atoms with Crippen LogP contribution in [-0.4, -0.2) is 31.5 Å². The first-order valence-electron chi connectivity index (χ1n) is 9.35. The van der Waals surface area contributed by atoms with E-state index in [1.165, 1.54) is 12.3 Å². The molecule has 0 saturated heterocycles. The van der Waals surface area contributed by atoms with E-state index < -0.39 is 17.3 Å². The Balaban J connectivity index is 0.00000289. The van der Waals surface area contributed by atoms with Gasteiger partial charge in [0.1, 0.15) is 11.4 Å². The molecule has 0 aliphatic rings. The molecule has 0 spiro atoms. The van der Waals surface area contributed by atoms with Crippen LogP contribution in [-0.2, 0) is 12.6 Å². The summed E-state index contributed by atoms with van der Waals surface area (Å²) in [4.78, 5) is 31.1. The maximum Gasteiger partial charge on any atom is 0.416 e. The quantitative estimate of drug-likeness (QED) is 0.430. The summed E-state index contributed by atoms with van der Waals surface area (Å²) in [6.45, 7) is 0.424. The van der Waals surface area contributed by atoms with Crippen molar-refractivity contribution in [3.63, 3.8) is 0 Å². The van der Waals surface area contributed by atoms with Crippen LogP contribution < -0.4 is 10.3 Å². The number of halogens is 4. The SMILES string of the molecule is Cl.O=c1[nH]c(-c2cc(C(F)(F)F)ccn2)nc2ncc(OCCCc3ccncc3)cc12. The summed E-state index contributed by atoms with van der Waals surface area (Å²) in [6, 6.07) is 7.03. The first-order valence-corrected chi connectivity index (χ1v) is 9.35. The van der Waals surface area contributed by atoms with Gasteiger partial charge in [0.2, 0.25) is 0 Å². The van der Waals surface area contributed by atoms with Crippen LogP contribution >= 0.6 is 12.4 Å². The van der Waals surface area contributed by atoms with Gasteiger partial charge < -0.3 is 9.72 Å². The van der Waals surface area contributed by atoms with E-state index in [1.54, 1.807) is 12.4 Å². The molecule has 0 saturated carbocycles. The highest BCUT2D eigenvalue weighted by atomic mass is 35.5. The molecule has 0 radical (unpaired) electrons. The minimum absolute atomic E-state index is 0. The second-order valence-corrected chi connectivity index (χ2v) is 6.69. The molecule has 0 atom stereocenters. The van der Waals surface area contributed by atoms with E-state index in [4.69, 9.17) is 4.74 Å². The lowest BCUT2D eigenvalue weighted by atomic mass is 10.1. The summed E-state index contributed by atoms with van der Waals surface area (Å²) in [5.41, 5.74) is -0.307. The average Bonchev–Trinajstić information content (AvgIpc) is 2.77. The van der Waals surface area contributed by atoms with Crippen LogP contribution in [0.15, 0.2) is 59.9 Å². The lowest BCUT2D eigenvalue weighted by Crippen LogP contribution is -2.12. The van der Waals surface area contributed by atoms with Gasteiger partial charge in [0.25, 0.3) is 5.56 Å². The third-order valence-corrected chi connectivity index (χ3v) is 4.49. The number of hydrogen-bond donors (Lipinski definition) is 1.